The van der Waals surface area contributed by atoms with Crippen molar-refractivity contribution >= 4 is 23.3 Å². The highest BCUT2D eigenvalue weighted by atomic mass is 16.5. The van der Waals surface area contributed by atoms with Crippen molar-refractivity contribution in [2.45, 2.75) is 13.8 Å². The van der Waals surface area contributed by atoms with E-state index in [1.807, 2.05) is 0 Å². The quantitative estimate of drug-likeness (QED) is 0.663. The molecule has 6 nitrogen and oxygen atoms in total. The molecule has 0 fully saturated rings. The summed E-state index contributed by atoms with van der Waals surface area (Å²) in [7, 11) is 1.33. The molecule has 1 aliphatic rings. The van der Waals surface area contributed by atoms with Crippen molar-refractivity contribution < 1.29 is 19.1 Å². The van der Waals surface area contributed by atoms with Crippen molar-refractivity contribution in [2.24, 2.45) is 5.41 Å². The molecule has 0 spiro atoms. The smallest absolute Gasteiger partial charge is 0.313 e. The Kier molecular flexibility index (Phi) is 3.57. The monoisotopic (exact) mass is 278 g/mol. The molecule has 1 aliphatic heterocycles. The van der Waals surface area contributed by atoms with Crippen LogP contribution in [0.25, 0.3) is 0 Å². The highest BCUT2D eigenvalue weighted by Crippen LogP contribution is 2.35. The molecule has 20 heavy (non-hydrogen) atoms. The summed E-state index contributed by atoms with van der Waals surface area (Å²) in [5.74, 6) is -0.0155. The Morgan fingerprint density at radius 2 is 2.20 bits per heavy atom. The first-order valence-corrected chi connectivity index (χ1v) is 6.26. The van der Waals surface area contributed by atoms with Gasteiger partial charge in [0.15, 0.2) is 6.61 Å². The lowest BCUT2D eigenvalue weighted by atomic mass is 9.92. The van der Waals surface area contributed by atoms with Gasteiger partial charge in [0.1, 0.15) is 5.75 Å². The van der Waals surface area contributed by atoms with E-state index in [1.54, 1.807) is 32.0 Å². The van der Waals surface area contributed by atoms with E-state index in [2.05, 4.69) is 0 Å². The summed E-state index contributed by atoms with van der Waals surface area (Å²) in [5, 5.41) is 0. The van der Waals surface area contributed by atoms with E-state index in [-0.39, 0.29) is 25.0 Å². The van der Waals surface area contributed by atoms with Crippen LogP contribution < -0.4 is 15.4 Å². The van der Waals surface area contributed by atoms with E-state index in [4.69, 9.17) is 15.2 Å². The molecule has 6 heteroatoms. The second-order valence-electron chi connectivity index (χ2n) is 5.37. The fourth-order valence-electron chi connectivity index (χ4n) is 2.13. The number of anilines is 2. The van der Waals surface area contributed by atoms with E-state index in [1.165, 1.54) is 12.0 Å². The largest absolute Gasteiger partial charge is 0.481 e. The number of benzene rings is 1. The molecule has 2 N–H and O–H groups in total. The zero-order valence-electron chi connectivity index (χ0n) is 11.8. The average molecular weight is 278 g/mol. The summed E-state index contributed by atoms with van der Waals surface area (Å²) in [6.07, 6.45) is 0. The van der Waals surface area contributed by atoms with Crippen molar-refractivity contribution in [2.75, 3.05) is 30.9 Å². The number of hydrogen-bond donors (Lipinski definition) is 1. The van der Waals surface area contributed by atoms with Crippen LogP contribution in [0, 0.1) is 5.41 Å². The minimum absolute atomic E-state index is 0.0618. The first-order chi connectivity index (χ1) is 9.35. The van der Waals surface area contributed by atoms with Crippen LogP contribution in [-0.4, -0.2) is 32.1 Å². The number of amides is 1. The van der Waals surface area contributed by atoms with Gasteiger partial charge >= 0.3 is 5.97 Å². The Balaban J connectivity index is 2.33. The van der Waals surface area contributed by atoms with Gasteiger partial charge in [0.2, 0.25) is 0 Å². The maximum atomic E-state index is 12.0. The first kappa shape index (κ1) is 14.2. The molecular formula is C14H18N2O4. The van der Waals surface area contributed by atoms with Gasteiger partial charge in [-0.25, -0.2) is 0 Å². The van der Waals surface area contributed by atoms with Crippen LogP contribution in [0.1, 0.15) is 13.8 Å². The summed E-state index contributed by atoms with van der Waals surface area (Å²) in [4.78, 5) is 25.4. The summed E-state index contributed by atoms with van der Waals surface area (Å²) in [6, 6.07) is 5.08. The number of carbonyl (C=O) groups is 2. The van der Waals surface area contributed by atoms with Crippen LogP contribution >= 0.6 is 0 Å². The number of nitrogens with two attached hydrogens (primary N) is 1. The van der Waals surface area contributed by atoms with Gasteiger partial charge in [0, 0.05) is 18.3 Å². The van der Waals surface area contributed by atoms with E-state index in [9.17, 15) is 9.59 Å². The van der Waals surface area contributed by atoms with Gasteiger partial charge in [-0.2, -0.15) is 0 Å². The molecule has 1 aromatic carbocycles. The number of nitrogen functional groups attached to an aromatic ring is 1. The Morgan fingerprint density at radius 3 is 2.85 bits per heavy atom. The summed E-state index contributed by atoms with van der Waals surface area (Å²) < 4.78 is 10.1. The fourth-order valence-corrected chi connectivity index (χ4v) is 2.13. The predicted molar refractivity (Wildman–Crippen MR) is 74.5 cm³/mol. The van der Waals surface area contributed by atoms with Crippen LogP contribution in [-0.2, 0) is 14.3 Å². The molecule has 1 heterocycles. The molecule has 1 aromatic rings. The maximum Gasteiger partial charge on any atom is 0.313 e. The number of carbonyl (C=O) groups excluding carboxylic acids is 2. The van der Waals surface area contributed by atoms with Crippen LogP contribution in [0.2, 0.25) is 0 Å². The molecule has 0 radical (unpaired) electrons. The lowest BCUT2D eigenvalue weighted by Gasteiger charge is -2.34. The zero-order chi connectivity index (χ0) is 14.9. The molecule has 108 valence electrons. The Hall–Kier alpha value is -2.24. The third-order valence-electron chi connectivity index (χ3n) is 3.22. The van der Waals surface area contributed by atoms with Crippen LogP contribution in [0.15, 0.2) is 18.2 Å². The molecular weight excluding hydrogens is 260 g/mol. The normalized spacial score (nSPS) is 14.6. The van der Waals surface area contributed by atoms with Crippen LogP contribution in [0.4, 0.5) is 11.4 Å². The van der Waals surface area contributed by atoms with Crippen molar-refractivity contribution in [1.82, 2.24) is 0 Å². The minimum Gasteiger partial charge on any atom is -0.481 e. The van der Waals surface area contributed by atoms with Gasteiger partial charge in [0.05, 0.1) is 18.2 Å². The standard InChI is InChI=1S/C14H18N2O4/c1-14(2,13(18)19-3)8-16-10-5-4-9(15)6-11(10)20-7-12(16)17/h4-6H,7-8,15H2,1-3H3. The third kappa shape index (κ3) is 2.54. The number of nitrogens with zero attached hydrogens (tertiary/aromatic N) is 1. The molecule has 2 rings (SSSR count). The van der Waals surface area contributed by atoms with Crippen molar-refractivity contribution in [3.05, 3.63) is 18.2 Å². The average Bonchev–Trinajstić information content (AvgIpc) is 2.41. The molecule has 0 bridgehead atoms. The maximum absolute atomic E-state index is 12.0. The summed E-state index contributed by atoms with van der Waals surface area (Å²) in [5.41, 5.74) is 6.07. The Morgan fingerprint density at radius 1 is 1.50 bits per heavy atom. The lowest BCUT2D eigenvalue weighted by molar-refractivity contribution is -0.150. The molecule has 1 amide bonds. The number of fused-ring (bicyclic) bond motifs is 1. The predicted octanol–water partition coefficient (Wildman–Crippen LogP) is 1.19. The van der Waals surface area contributed by atoms with E-state index in [0.717, 1.165) is 0 Å². The number of esters is 1. The molecule has 0 saturated heterocycles. The third-order valence-corrected chi connectivity index (χ3v) is 3.22. The van der Waals surface area contributed by atoms with Gasteiger partial charge in [-0.05, 0) is 26.0 Å². The number of methoxy groups -OCH3 is 1. The topological polar surface area (TPSA) is 81.9 Å². The first-order valence-electron chi connectivity index (χ1n) is 6.26. The van der Waals surface area contributed by atoms with E-state index in [0.29, 0.717) is 17.1 Å². The van der Waals surface area contributed by atoms with Gasteiger partial charge in [-0.1, -0.05) is 0 Å². The Bertz CT molecular complexity index is 554. The number of rotatable bonds is 3. The number of ether oxygens (including phenoxy) is 2. The summed E-state index contributed by atoms with van der Waals surface area (Å²) in [6.45, 7) is 3.63. The van der Waals surface area contributed by atoms with Gasteiger partial charge in [0.25, 0.3) is 5.91 Å². The molecule has 0 unspecified atom stereocenters. The van der Waals surface area contributed by atoms with Crippen LogP contribution in [0.3, 0.4) is 0 Å². The SMILES string of the molecule is COC(=O)C(C)(C)CN1C(=O)COc2cc(N)ccc21. The van der Waals surface area contributed by atoms with Crippen molar-refractivity contribution in [1.29, 1.82) is 0 Å². The molecule has 0 saturated carbocycles. The number of hydrogen-bond acceptors (Lipinski definition) is 5. The zero-order valence-corrected chi connectivity index (χ0v) is 11.8. The van der Waals surface area contributed by atoms with Gasteiger partial charge in [-0.15, -0.1) is 0 Å². The lowest BCUT2D eigenvalue weighted by Crippen LogP contribution is -2.46. The van der Waals surface area contributed by atoms with Crippen molar-refractivity contribution in [3.8, 4) is 5.75 Å². The van der Waals surface area contributed by atoms with Crippen molar-refractivity contribution in [3.63, 3.8) is 0 Å². The highest BCUT2D eigenvalue weighted by Gasteiger charge is 2.36. The fraction of sp³-hybridized carbons (Fsp3) is 0.429. The second kappa shape index (κ2) is 5.03. The molecule has 0 atom stereocenters. The van der Waals surface area contributed by atoms with Crippen LogP contribution in [0.5, 0.6) is 5.75 Å². The minimum atomic E-state index is -0.805. The molecule has 0 aliphatic carbocycles. The van der Waals surface area contributed by atoms with Gasteiger partial charge in [-0.3, -0.25) is 9.59 Å². The van der Waals surface area contributed by atoms with E-state index >= 15 is 0 Å². The molecule has 0 aromatic heterocycles. The van der Waals surface area contributed by atoms with E-state index < -0.39 is 5.41 Å². The Labute approximate surface area is 117 Å². The second-order valence-corrected chi connectivity index (χ2v) is 5.37. The van der Waals surface area contributed by atoms with Gasteiger partial charge < -0.3 is 20.1 Å². The summed E-state index contributed by atoms with van der Waals surface area (Å²) >= 11 is 0. The highest BCUT2D eigenvalue weighted by molar-refractivity contribution is 5.99.